The van der Waals surface area contributed by atoms with Crippen LogP contribution in [0.4, 0.5) is 0 Å². The Bertz CT molecular complexity index is 127. The second-order valence-corrected chi connectivity index (χ2v) is 2.65. The number of methoxy groups -OCH3 is 1. The topological polar surface area (TPSA) is 58.6 Å². The standard InChI is InChI=1S/C8H17NO3/c1-3-4-8(11)9-7(5-10)6-12-2/h7,10H,3-6H2,1-2H3,(H,9,11). The molecule has 0 fully saturated rings. The van der Waals surface area contributed by atoms with Crippen LogP contribution in [0.1, 0.15) is 19.8 Å². The van der Waals surface area contributed by atoms with Gasteiger partial charge < -0.3 is 15.2 Å². The Morgan fingerprint density at radius 2 is 2.33 bits per heavy atom. The van der Waals surface area contributed by atoms with Gasteiger partial charge in [-0.15, -0.1) is 0 Å². The van der Waals surface area contributed by atoms with E-state index in [1.54, 1.807) is 0 Å². The summed E-state index contributed by atoms with van der Waals surface area (Å²) >= 11 is 0. The molecule has 4 heteroatoms. The number of amides is 1. The average molecular weight is 175 g/mol. The number of aliphatic hydroxyl groups excluding tert-OH is 1. The van der Waals surface area contributed by atoms with Crippen molar-refractivity contribution < 1.29 is 14.6 Å². The van der Waals surface area contributed by atoms with Crippen LogP contribution in [0.5, 0.6) is 0 Å². The summed E-state index contributed by atoms with van der Waals surface area (Å²) in [7, 11) is 1.54. The largest absolute Gasteiger partial charge is 0.394 e. The van der Waals surface area contributed by atoms with Gasteiger partial charge in [-0.1, -0.05) is 6.92 Å². The lowest BCUT2D eigenvalue weighted by Gasteiger charge is -2.14. The maximum atomic E-state index is 11.0. The maximum absolute atomic E-state index is 11.0. The van der Waals surface area contributed by atoms with Gasteiger partial charge in [0, 0.05) is 13.5 Å². The molecule has 0 aliphatic rings. The van der Waals surface area contributed by atoms with Gasteiger partial charge in [-0.05, 0) is 6.42 Å². The van der Waals surface area contributed by atoms with Crippen molar-refractivity contribution in [2.75, 3.05) is 20.3 Å². The highest BCUT2D eigenvalue weighted by Crippen LogP contribution is 1.89. The second-order valence-electron chi connectivity index (χ2n) is 2.65. The van der Waals surface area contributed by atoms with Crippen molar-refractivity contribution in [1.29, 1.82) is 0 Å². The first-order valence-corrected chi connectivity index (χ1v) is 4.13. The lowest BCUT2D eigenvalue weighted by molar-refractivity contribution is -0.122. The number of rotatable bonds is 6. The lowest BCUT2D eigenvalue weighted by Crippen LogP contribution is -2.40. The molecule has 0 spiro atoms. The molecule has 0 aromatic rings. The molecule has 1 atom stereocenters. The predicted molar refractivity (Wildman–Crippen MR) is 45.8 cm³/mol. The first-order valence-electron chi connectivity index (χ1n) is 4.13. The van der Waals surface area contributed by atoms with Crippen molar-refractivity contribution in [2.45, 2.75) is 25.8 Å². The molecule has 0 saturated heterocycles. The zero-order chi connectivity index (χ0) is 9.40. The summed E-state index contributed by atoms with van der Waals surface area (Å²) in [6.45, 7) is 2.21. The van der Waals surface area contributed by atoms with Crippen LogP contribution >= 0.6 is 0 Å². The van der Waals surface area contributed by atoms with Gasteiger partial charge in [0.05, 0.1) is 19.3 Å². The molecule has 0 aromatic heterocycles. The summed E-state index contributed by atoms with van der Waals surface area (Å²) in [5.74, 6) is -0.0337. The molecule has 72 valence electrons. The minimum atomic E-state index is -0.269. The fourth-order valence-corrected chi connectivity index (χ4v) is 0.868. The van der Waals surface area contributed by atoms with Crippen molar-refractivity contribution >= 4 is 5.91 Å². The number of carbonyl (C=O) groups excluding carboxylic acids is 1. The first-order chi connectivity index (χ1) is 5.74. The number of carbonyl (C=O) groups is 1. The van der Waals surface area contributed by atoms with E-state index in [9.17, 15) is 4.79 Å². The molecule has 0 saturated carbocycles. The monoisotopic (exact) mass is 175 g/mol. The minimum Gasteiger partial charge on any atom is -0.394 e. The molecule has 0 aliphatic carbocycles. The van der Waals surface area contributed by atoms with E-state index in [4.69, 9.17) is 9.84 Å². The van der Waals surface area contributed by atoms with Crippen LogP contribution in [0.15, 0.2) is 0 Å². The summed E-state index contributed by atoms with van der Waals surface area (Å²) in [6.07, 6.45) is 1.32. The number of aliphatic hydroxyl groups is 1. The van der Waals surface area contributed by atoms with E-state index in [2.05, 4.69) is 5.32 Å². The Labute approximate surface area is 72.9 Å². The number of nitrogens with one attached hydrogen (secondary N) is 1. The van der Waals surface area contributed by atoms with Gasteiger partial charge in [-0.3, -0.25) is 4.79 Å². The third-order valence-corrected chi connectivity index (χ3v) is 1.43. The van der Waals surface area contributed by atoms with Gasteiger partial charge in [0.15, 0.2) is 0 Å². The fourth-order valence-electron chi connectivity index (χ4n) is 0.868. The molecule has 0 heterocycles. The molecular weight excluding hydrogens is 158 g/mol. The molecule has 12 heavy (non-hydrogen) atoms. The molecule has 0 aliphatic heterocycles. The van der Waals surface area contributed by atoms with Gasteiger partial charge in [0.1, 0.15) is 0 Å². The zero-order valence-electron chi connectivity index (χ0n) is 7.67. The van der Waals surface area contributed by atoms with Gasteiger partial charge >= 0.3 is 0 Å². The van der Waals surface area contributed by atoms with E-state index in [1.165, 1.54) is 7.11 Å². The summed E-state index contributed by atoms with van der Waals surface area (Å²) in [5.41, 5.74) is 0. The number of ether oxygens (including phenoxy) is 1. The lowest BCUT2D eigenvalue weighted by atomic mass is 10.3. The summed E-state index contributed by atoms with van der Waals surface area (Å²) in [6, 6.07) is -0.269. The van der Waals surface area contributed by atoms with E-state index in [1.807, 2.05) is 6.92 Å². The van der Waals surface area contributed by atoms with Crippen molar-refractivity contribution in [3.63, 3.8) is 0 Å². The van der Waals surface area contributed by atoms with Gasteiger partial charge in [0.2, 0.25) is 5.91 Å². The molecular formula is C8H17NO3. The SMILES string of the molecule is CCCC(=O)NC(CO)COC. The van der Waals surface area contributed by atoms with Crippen molar-refractivity contribution in [3.8, 4) is 0 Å². The Kier molecular flexibility index (Phi) is 6.70. The van der Waals surface area contributed by atoms with Crippen LogP contribution in [0, 0.1) is 0 Å². The maximum Gasteiger partial charge on any atom is 0.220 e. The quantitative estimate of drug-likeness (QED) is 0.593. The Balaban J connectivity index is 3.61. The number of hydrogen-bond donors (Lipinski definition) is 2. The van der Waals surface area contributed by atoms with Crippen LogP contribution in [-0.4, -0.2) is 37.4 Å². The summed E-state index contributed by atoms with van der Waals surface area (Å²) < 4.78 is 4.80. The van der Waals surface area contributed by atoms with Gasteiger partial charge in [-0.25, -0.2) is 0 Å². The molecule has 1 amide bonds. The summed E-state index contributed by atoms with van der Waals surface area (Å²) in [4.78, 5) is 11.0. The zero-order valence-corrected chi connectivity index (χ0v) is 7.67. The van der Waals surface area contributed by atoms with E-state index >= 15 is 0 Å². The highest BCUT2D eigenvalue weighted by Gasteiger charge is 2.09. The molecule has 1 unspecified atom stereocenters. The van der Waals surface area contributed by atoms with Crippen LogP contribution in [0.2, 0.25) is 0 Å². The third kappa shape index (κ3) is 5.09. The predicted octanol–water partition coefficient (Wildman–Crippen LogP) is -0.0900. The number of hydrogen-bond acceptors (Lipinski definition) is 3. The average Bonchev–Trinajstić information content (AvgIpc) is 2.04. The Morgan fingerprint density at radius 3 is 2.75 bits per heavy atom. The Morgan fingerprint density at radius 1 is 1.67 bits per heavy atom. The van der Waals surface area contributed by atoms with Crippen LogP contribution < -0.4 is 5.32 Å². The third-order valence-electron chi connectivity index (χ3n) is 1.43. The molecule has 0 rings (SSSR count). The van der Waals surface area contributed by atoms with Gasteiger partial charge in [0.25, 0.3) is 0 Å². The van der Waals surface area contributed by atoms with Crippen LogP contribution in [0.25, 0.3) is 0 Å². The van der Waals surface area contributed by atoms with Crippen LogP contribution in [0.3, 0.4) is 0 Å². The smallest absolute Gasteiger partial charge is 0.220 e. The first kappa shape index (κ1) is 11.4. The molecule has 0 radical (unpaired) electrons. The van der Waals surface area contributed by atoms with E-state index < -0.39 is 0 Å². The van der Waals surface area contributed by atoms with Gasteiger partial charge in [-0.2, -0.15) is 0 Å². The second kappa shape index (κ2) is 7.06. The molecule has 0 bridgehead atoms. The summed E-state index contributed by atoms with van der Waals surface area (Å²) in [5, 5.41) is 11.4. The highest BCUT2D eigenvalue weighted by atomic mass is 16.5. The van der Waals surface area contributed by atoms with E-state index in [0.29, 0.717) is 13.0 Å². The molecule has 2 N–H and O–H groups in total. The van der Waals surface area contributed by atoms with Crippen LogP contribution in [-0.2, 0) is 9.53 Å². The van der Waals surface area contributed by atoms with E-state index in [0.717, 1.165) is 6.42 Å². The minimum absolute atomic E-state index is 0.0337. The fraction of sp³-hybridized carbons (Fsp3) is 0.875. The normalized spacial score (nSPS) is 12.6. The van der Waals surface area contributed by atoms with Crippen molar-refractivity contribution in [2.24, 2.45) is 0 Å². The molecule has 0 aromatic carbocycles. The van der Waals surface area contributed by atoms with E-state index in [-0.39, 0.29) is 18.6 Å². The Hall–Kier alpha value is -0.610. The molecule has 4 nitrogen and oxygen atoms in total. The highest BCUT2D eigenvalue weighted by molar-refractivity contribution is 5.76. The van der Waals surface area contributed by atoms with Crippen molar-refractivity contribution in [1.82, 2.24) is 5.32 Å². The van der Waals surface area contributed by atoms with Crippen molar-refractivity contribution in [3.05, 3.63) is 0 Å².